The van der Waals surface area contributed by atoms with Crippen molar-refractivity contribution in [1.82, 2.24) is 9.97 Å². The predicted octanol–water partition coefficient (Wildman–Crippen LogP) is 5.02. The molecule has 26 heavy (non-hydrogen) atoms. The molecule has 3 rings (SSSR count). The Hall–Kier alpha value is -2.33. The van der Waals surface area contributed by atoms with Gasteiger partial charge in [0, 0.05) is 6.54 Å². The van der Waals surface area contributed by atoms with Crippen LogP contribution in [-0.4, -0.2) is 22.6 Å². The number of benzene rings is 1. The van der Waals surface area contributed by atoms with E-state index in [2.05, 4.69) is 22.6 Å². The molecular formula is C16H12F3N3O2S2. The molecule has 0 saturated carbocycles. The van der Waals surface area contributed by atoms with Crippen LogP contribution in [0, 0.1) is 0 Å². The summed E-state index contributed by atoms with van der Waals surface area (Å²) < 4.78 is 43.5. The first-order valence-corrected chi connectivity index (χ1v) is 8.67. The van der Waals surface area contributed by atoms with Gasteiger partial charge in [-0.1, -0.05) is 11.3 Å². The predicted molar refractivity (Wildman–Crippen MR) is 95.2 cm³/mol. The molecular weight excluding hydrogens is 387 g/mol. The summed E-state index contributed by atoms with van der Waals surface area (Å²) in [6.07, 6.45) is -5.19. The molecule has 1 amide bonds. The second kappa shape index (κ2) is 7.12. The van der Waals surface area contributed by atoms with Gasteiger partial charge in [-0.2, -0.15) is 13.2 Å². The highest BCUT2D eigenvalue weighted by molar-refractivity contribution is 7.82. The van der Waals surface area contributed by atoms with Crippen molar-refractivity contribution in [2.45, 2.75) is 17.4 Å². The SMILES string of the molecule is CCN(C(=O)Oc1ccc(C(F)(F)F)cc1)c1ccc2nc(S)sc2n1. The molecule has 0 N–H and O–H groups in total. The Balaban J connectivity index is 1.79. The molecule has 0 unspecified atom stereocenters. The van der Waals surface area contributed by atoms with Crippen molar-refractivity contribution in [1.29, 1.82) is 0 Å². The van der Waals surface area contributed by atoms with Crippen LogP contribution >= 0.6 is 24.0 Å². The fourth-order valence-electron chi connectivity index (χ4n) is 2.20. The lowest BCUT2D eigenvalue weighted by atomic mass is 10.2. The molecule has 5 nitrogen and oxygen atoms in total. The first-order valence-electron chi connectivity index (χ1n) is 7.41. The number of rotatable bonds is 3. The topological polar surface area (TPSA) is 55.3 Å². The number of aromatic nitrogens is 2. The molecule has 0 bridgehead atoms. The third-order valence-electron chi connectivity index (χ3n) is 3.43. The number of anilines is 1. The van der Waals surface area contributed by atoms with E-state index in [-0.39, 0.29) is 12.3 Å². The summed E-state index contributed by atoms with van der Waals surface area (Å²) in [6, 6.07) is 7.24. The lowest BCUT2D eigenvalue weighted by molar-refractivity contribution is -0.137. The number of alkyl halides is 3. The largest absolute Gasteiger partial charge is 0.420 e. The molecule has 3 aromatic rings. The monoisotopic (exact) mass is 399 g/mol. The van der Waals surface area contributed by atoms with Crippen LogP contribution in [0.1, 0.15) is 12.5 Å². The van der Waals surface area contributed by atoms with E-state index in [0.29, 0.717) is 20.5 Å². The van der Waals surface area contributed by atoms with Crippen LogP contribution in [0.4, 0.5) is 23.8 Å². The summed E-state index contributed by atoms with van der Waals surface area (Å²) in [5, 5.41) is 0. The minimum absolute atomic E-state index is 0.0120. The Kier molecular flexibility index (Phi) is 5.05. The van der Waals surface area contributed by atoms with Gasteiger partial charge >= 0.3 is 12.3 Å². The van der Waals surface area contributed by atoms with Crippen molar-refractivity contribution in [3.8, 4) is 5.75 Å². The molecule has 2 heterocycles. The zero-order valence-corrected chi connectivity index (χ0v) is 15.0. The number of carbonyl (C=O) groups is 1. The second-order valence-corrected chi connectivity index (χ2v) is 6.83. The number of thiol groups is 1. The van der Waals surface area contributed by atoms with Crippen molar-refractivity contribution in [2.75, 3.05) is 11.4 Å². The molecule has 10 heteroatoms. The maximum Gasteiger partial charge on any atom is 0.420 e. The fraction of sp³-hybridized carbons (Fsp3) is 0.188. The minimum Gasteiger partial charge on any atom is -0.410 e. The maximum absolute atomic E-state index is 12.6. The van der Waals surface area contributed by atoms with Crippen molar-refractivity contribution >= 4 is 46.2 Å². The average Bonchev–Trinajstić information content (AvgIpc) is 2.94. The molecule has 0 spiro atoms. The smallest absolute Gasteiger partial charge is 0.410 e. The summed E-state index contributed by atoms with van der Waals surface area (Å²) in [5.74, 6) is 0.367. The molecule has 136 valence electrons. The fourth-order valence-corrected chi connectivity index (χ4v) is 3.24. The van der Waals surface area contributed by atoms with Gasteiger partial charge in [-0.05, 0) is 43.3 Å². The highest BCUT2D eigenvalue weighted by atomic mass is 32.2. The van der Waals surface area contributed by atoms with E-state index in [4.69, 9.17) is 4.74 Å². The number of carbonyl (C=O) groups excluding carboxylic acids is 1. The highest BCUT2D eigenvalue weighted by Gasteiger charge is 2.30. The number of thiazole rings is 1. The van der Waals surface area contributed by atoms with Crippen LogP contribution in [0.3, 0.4) is 0 Å². The third kappa shape index (κ3) is 3.91. The van der Waals surface area contributed by atoms with Gasteiger partial charge in [-0.25, -0.2) is 14.8 Å². The van der Waals surface area contributed by atoms with Crippen LogP contribution in [0.2, 0.25) is 0 Å². The van der Waals surface area contributed by atoms with Crippen molar-refractivity contribution in [3.63, 3.8) is 0 Å². The van der Waals surface area contributed by atoms with Crippen LogP contribution < -0.4 is 9.64 Å². The number of amides is 1. The van der Waals surface area contributed by atoms with Gasteiger partial charge in [0.15, 0.2) is 0 Å². The molecule has 0 aliphatic rings. The summed E-state index contributed by atoms with van der Waals surface area (Å²) >= 11 is 5.44. The Morgan fingerprint density at radius 2 is 1.88 bits per heavy atom. The first-order chi connectivity index (χ1) is 12.3. The number of hydrogen-bond acceptors (Lipinski definition) is 6. The summed E-state index contributed by atoms with van der Waals surface area (Å²) in [4.78, 5) is 22.8. The van der Waals surface area contributed by atoms with Gasteiger partial charge < -0.3 is 4.74 Å². The van der Waals surface area contributed by atoms with E-state index < -0.39 is 17.8 Å². The molecule has 0 aliphatic carbocycles. The Morgan fingerprint density at radius 3 is 2.50 bits per heavy atom. The Labute approximate surface area is 155 Å². The molecule has 0 fully saturated rings. The molecule has 0 radical (unpaired) electrons. The highest BCUT2D eigenvalue weighted by Crippen LogP contribution is 2.30. The van der Waals surface area contributed by atoms with Gasteiger partial charge in [0.1, 0.15) is 26.3 Å². The minimum atomic E-state index is -4.45. The number of halogens is 3. The van der Waals surface area contributed by atoms with E-state index in [1.165, 1.54) is 16.2 Å². The number of ether oxygens (including phenoxy) is 1. The molecule has 1 aromatic carbocycles. The Morgan fingerprint density at radius 1 is 1.19 bits per heavy atom. The van der Waals surface area contributed by atoms with E-state index in [9.17, 15) is 18.0 Å². The standard InChI is InChI=1S/C16H12F3N3O2S2/c1-2-22(12-8-7-11-13(21-12)26-14(25)20-11)15(23)24-10-5-3-9(4-6-10)16(17,18)19/h3-8H,2H2,1H3,(H,20,25). The summed E-state index contributed by atoms with van der Waals surface area (Å²) in [6.45, 7) is 2.00. The quantitative estimate of drug-likeness (QED) is 0.628. The van der Waals surface area contributed by atoms with E-state index >= 15 is 0 Å². The van der Waals surface area contributed by atoms with E-state index in [1.807, 2.05) is 0 Å². The molecule has 0 atom stereocenters. The van der Waals surface area contributed by atoms with Crippen molar-refractivity contribution in [3.05, 3.63) is 42.0 Å². The molecule has 0 aliphatic heterocycles. The van der Waals surface area contributed by atoms with Crippen LogP contribution in [0.5, 0.6) is 5.75 Å². The summed E-state index contributed by atoms with van der Waals surface area (Å²) in [7, 11) is 0. The van der Waals surface area contributed by atoms with Crippen molar-refractivity contribution < 1.29 is 22.7 Å². The van der Waals surface area contributed by atoms with Crippen LogP contribution in [0.25, 0.3) is 10.3 Å². The Bertz CT molecular complexity index is 942. The van der Waals surface area contributed by atoms with Crippen LogP contribution in [0.15, 0.2) is 40.7 Å². The lowest BCUT2D eigenvalue weighted by Crippen LogP contribution is -2.34. The third-order valence-corrected chi connectivity index (χ3v) is 4.57. The van der Waals surface area contributed by atoms with Gasteiger partial charge in [-0.15, -0.1) is 12.6 Å². The molecule has 0 saturated heterocycles. The lowest BCUT2D eigenvalue weighted by Gasteiger charge is -2.19. The van der Waals surface area contributed by atoms with Gasteiger partial charge in [0.25, 0.3) is 0 Å². The number of fused-ring (bicyclic) bond motifs is 1. The zero-order valence-electron chi connectivity index (χ0n) is 13.3. The number of nitrogens with zero attached hydrogens (tertiary/aromatic N) is 3. The van der Waals surface area contributed by atoms with Gasteiger partial charge in [0.2, 0.25) is 0 Å². The van der Waals surface area contributed by atoms with E-state index in [1.54, 1.807) is 19.1 Å². The van der Waals surface area contributed by atoms with Gasteiger partial charge in [0.05, 0.1) is 5.56 Å². The van der Waals surface area contributed by atoms with Crippen LogP contribution in [-0.2, 0) is 6.18 Å². The number of hydrogen-bond donors (Lipinski definition) is 1. The average molecular weight is 399 g/mol. The second-order valence-electron chi connectivity index (χ2n) is 5.12. The zero-order chi connectivity index (χ0) is 18.9. The first kappa shape index (κ1) is 18.5. The summed E-state index contributed by atoms with van der Waals surface area (Å²) in [5.41, 5.74) is -0.152. The van der Waals surface area contributed by atoms with E-state index in [0.717, 1.165) is 24.3 Å². The van der Waals surface area contributed by atoms with Gasteiger partial charge in [-0.3, -0.25) is 4.90 Å². The normalized spacial score (nSPS) is 11.6. The number of pyridine rings is 1. The maximum atomic E-state index is 12.6. The molecule has 2 aromatic heterocycles. The van der Waals surface area contributed by atoms with Crippen molar-refractivity contribution in [2.24, 2.45) is 0 Å².